The molecule has 1 amide bonds. The second-order valence-electron chi connectivity index (χ2n) is 16.3. The van der Waals surface area contributed by atoms with E-state index in [1.165, 1.54) is 97.1 Å². The maximum absolute atomic E-state index is 13.8. The summed E-state index contributed by atoms with van der Waals surface area (Å²) >= 11 is 0.731. The number of aldehydes is 1. The molecule has 3 unspecified atom stereocenters. The van der Waals surface area contributed by atoms with E-state index in [9.17, 15) is 83.3 Å². The summed E-state index contributed by atoms with van der Waals surface area (Å²) < 4.78 is 153. The number of amides is 1. The van der Waals surface area contributed by atoms with Crippen molar-refractivity contribution in [3.8, 4) is 23.0 Å². The first-order valence-corrected chi connectivity index (χ1v) is 23.7. The monoisotopic (exact) mass is 1150 g/mol. The number of aromatic nitrogens is 1. The maximum atomic E-state index is 13.8. The molecular formula is C49H50F11N7O11S. The van der Waals surface area contributed by atoms with Gasteiger partial charge >= 0.3 is 32.6 Å². The molecule has 3 heterocycles. The van der Waals surface area contributed by atoms with Crippen molar-refractivity contribution >= 4 is 45.3 Å². The van der Waals surface area contributed by atoms with Crippen LogP contribution in [-0.2, 0) is 6.18 Å². The van der Waals surface area contributed by atoms with Gasteiger partial charge < -0.3 is 61.7 Å². The van der Waals surface area contributed by atoms with E-state index in [2.05, 4.69) is 29.2 Å². The van der Waals surface area contributed by atoms with E-state index >= 15 is 0 Å². The summed E-state index contributed by atoms with van der Waals surface area (Å²) in [6, 6.07) is 22.8. The number of alkyl halides is 11. The third-order valence-electron chi connectivity index (χ3n) is 10.9. The van der Waals surface area contributed by atoms with Crippen LogP contribution in [0.3, 0.4) is 0 Å². The number of nitrogen functional groups attached to an aromatic ring is 1. The van der Waals surface area contributed by atoms with E-state index in [1.807, 2.05) is 0 Å². The van der Waals surface area contributed by atoms with Crippen LogP contribution in [0, 0.1) is 10.1 Å². The lowest BCUT2D eigenvalue weighted by Gasteiger charge is -2.34. The molecule has 18 nitrogen and oxygen atoms in total. The van der Waals surface area contributed by atoms with Gasteiger partial charge in [-0.3, -0.25) is 19.7 Å². The van der Waals surface area contributed by atoms with E-state index in [-0.39, 0.29) is 74.3 Å². The number of nitrogens with two attached hydrogens (primary N) is 3. The Morgan fingerprint density at radius 3 is 1.51 bits per heavy atom. The number of carbonyl (C=O) groups excluding carboxylic acids is 2. The van der Waals surface area contributed by atoms with Crippen LogP contribution in [0.2, 0.25) is 0 Å². The molecule has 30 heteroatoms. The fourth-order valence-electron chi connectivity index (χ4n) is 7.11. The van der Waals surface area contributed by atoms with Crippen molar-refractivity contribution < 1.29 is 97.1 Å². The van der Waals surface area contributed by atoms with Crippen LogP contribution in [-0.4, -0.2) is 103 Å². The van der Waals surface area contributed by atoms with Crippen molar-refractivity contribution in [2.45, 2.75) is 69.8 Å². The average Bonchev–Trinajstić information content (AvgIpc) is 3.84. The van der Waals surface area contributed by atoms with Crippen LogP contribution in [0.1, 0.15) is 73.4 Å². The van der Waals surface area contributed by atoms with Gasteiger partial charge in [0.25, 0.3) is 5.91 Å². The summed E-state index contributed by atoms with van der Waals surface area (Å²) in [6.07, 6.45) is -5.83. The molecule has 3 atom stereocenters. The van der Waals surface area contributed by atoms with Gasteiger partial charge in [-0.2, -0.15) is 48.3 Å². The second-order valence-corrected chi connectivity index (χ2v) is 17.3. The number of nitrogens with zero attached hydrogens (tertiary/aromatic N) is 3. The number of ether oxygens (including phenoxy) is 4. The number of hydrogen-bond donors (Lipinski definition) is 7. The summed E-state index contributed by atoms with van der Waals surface area (Å²) in [5.74, 6) is -0.748. The van der Waals surface area contributed by atoms with Gasteiger partial charge in [-0.25, -0.2) is 4.98 Å². The van der Waals surface area contributed by atoms with Gasteiger partial charge in [-0.15, -0.1) is 11.3 Å². The molecule has 1 saturated heterocycles. The molecule has 4 aromatic carbocycles. The number of thiophene rings is 1. The highest BCUT2D eigenvalue weighted by molar-refractivity contribution is 7.21. The Morgan fingerprint density at radius 1 is 0.734 bits per heavy atom. The number of anilines is 2. The number of pyridine rings is 1. The zero-order valence-electron chi connectivity index (χ0n) is 40.7. The van der Waals surface area contributed by atoms with Gasteiger partial charge in [0.2, 0.25) is 6.54 Å². The Balaban J connectivity index is 0.000000263. The zero-order chi connectivity index (χ0) is 58.6. The Hall–Kier alpha value is -7.64. The van der Waals surface area contributed by atoms with E-state index in [4.69, 9.17) is 17.2 Å². The Morgan fingerprint density at radius 2 is 1.14 bits per heavy atom. The van der Waals surface area contributed by atoms with Crippen molar-refractivity contribution in [2.24, 2.45) is 11.5 Å². The lowest BCUT2D eigenvalue weighted by Crippen LogP contribution is -2.44. The molecule has 0 saturated carbocycles. The molecule has 0 spiro atoms. The summed E-state index contributed by atoms with van der Waals surface area (Å²) in [6.45, 7) is -11.0. The number of primary amides is 1. The van der Waals surface area contributed by atoms with Gasteiger partial charge in [-0.1, -0.05) is 36.4 Å². The molecule has 7 rings (SSSR count). The number of fused-ring (bicyclic) bond motifs is 1. The van der Waals surface area contributed by atoms with Crippen LogP contribution < -0.4 is 46.4 Å². The third-order valence-corrected chi connectivity index (χ3v) is 12.0. The number of rotatable bonds is 20. The number of aliphatic hydroxyl groups excluding tert-OH is 3. The Bertz CT molecular complexity index is 2830. The van der Waals surface area contributed by atoms with Crippen LogP contribution in [0.5, 0.6) is 23.0 Å². The highest BCUT2D eigenvalue weighted by Gasteiger charge is 2.37. The molecule has 1 fully saturated rings. The standard InChI is InChI=1S/C23H24F5N5O3S.C9H9F2NO4.C9H11F2NO2.C8H6F2O2/c24-22(25)36-13-3-1-11(2-4-13)15(34)10-31-12-5-7-33(8-6-12)16-9-14(23(26,27)28)17-18(29)19(20(30)35)37-21(17)32-16;10-9(11)16-7-3-1-6(2-4-7)8(13)5-12(14)15;10-9(11)14-7-3-1-6(2-4-7)8(13)5-12;9-8(10)12-7-3-1-6(5-11)2-4-7/h1-4,9,12,15,22,31,34H,5-8,10,29H2,(H2,30,35);1-4,8-9,13H,5H2;1-4,8-9,13H,5,12H2;1-5,8H. The number of halogens is 11. The van der Waals surface area contributed by atoms with Crippen LogP contribution >= 0.6 is 11.3 Å². The molecule has 0 aliphatic carbocycles. The van der Waals surface area contributed by atoms with Crippen molar-refractivity contribution in [2.75, 3.05) is 43.4 Å². The van der Waals surface area contributed by atoms with Gasteiger partial charge in [0, 0.05) is 48.1 Å². The van der Waals surface area contributed by atoms with Gasteiger partial charge in [-0.05, 0) is 96.3 Å². The number of aliphatic hydroxyl groups is 3. The molecule has 1 aliphatic rings. The van der Waals surface area contributed by atoms with E-state index in [0.29, 0.717) is 48.9 Å². The summed E-state index contributed by atoms with van der Waals surface area (Å²) in [5.41, 5.74) is 16.8. The van der Waals surface area contributed by atoms with Crippen molar-refractivity contribution in [3.05, 3.63) is 146 Å². The Labute approximate surface area is 445 Å². The number of nitro groups is 1. The molecular weight excluding hydrogens is 1100 g/mol. The molecule has 430 valence electrons. The van der Waals surface area contributed by atoms with Crippen molar-refractivity contribution in [1.29, 1.82) is 0 Å². The fourth-order valence-corrected chi connectivity index (χ4v) is 8.08. The van der Waals surface area contributed by atoms with Crippen molar-refractivity contribution in [1.82, 2.24) is 10.3 Å². The summed E-state index contributed by atoms with van der Waals surface area (Å²) in [4.78, 5) is 37.1. The predicted octanol–water partition coefficient (Wildman–Crippen LogP) is 8.87. The minimum absolute atomic E-state index is 0.00277. The lowest BCUT2D eigenvalue weighted by atomic mass is 10.0. The van der Waals surface area contributed by atoms with Gasteiger partial charge in [0.05, 0.1) is 23.5 Å². The molecule has 0 radical (unpaired) electrons. The number of piperidine rings is 1. The van der Waals surface area contributed by atoms with Crippen LogP contribution in [0.25, 0.3) is 10.2 Å². The summed E-state index contributed by atoms with van der Waals surface area (Å²) in [7, 11) is 0. The topological polar surface area (TPSA) is 281 Å². The van der Waals surface area contributed by atoms with E-state index in [0.717, 1.165) is 17.4 Å². The highest BCUT2D eigenvalue weighted by atomic mass is 32.1. The number of benzene rings is 4. The Kier molecular flexibility index (Phi) is 24.7. The normalized spacial score (nSPS) is 13.8. The SMILES string of the molecule is NC(=O)c1sc2nc(N3CCC(NCC(O)c4ccc(OC(F)F)cc4)CC3)cc(C(F)(F)F)c2c1N.NCC(O)c1ccc(OC(F)F)cc1.O=Cc1ccc(OC(F)F)cc1.O=[N+]([O-])CC(O)c1ccc(OC(F)F)cc1. The molecule has 6 aromatic rings. The van der Waals surface area contributed by atoms with E-state index in [1.54, 1.807) is 4.90 Å². The first-order chi connectivity index (χ1) is 37.3. The van der Waals surface area contributed by atoms with Gasteiger partial charge in [0.15, 0.2) is 0 Å². The third kappa shape index (κ3) is 20.9. The molecule has 2 aromatic heterocycles. The minimum Gasteiger partial charge on any atom is -0.435 e. The lowest BCUT2D eigenvalue weighted by molar-refractivity contribution is -0.491. The average molecular weight is 1150 g/mol. The first kappa shape index (κ1) is 63.9. The molecule has 10 N–H and O–H groups in total. The zero-order valence-corrected chi connectivity index (χ0v) is 41.5. The van der Waals surface area contributed by atoms with E-state index < -0.39 is 73.9 Å². The quantitative estimate of drug-likeness (QED) is 0.0163. The smallest absolute Gasteiger partial charge is 0.417 e. The maximum Gasteiger partial charge on any atom is 0.417 e. The highest BCUT2D eigenvalue weighted by Crippen LogP contribution is 2.43. The summed E-state index contributed by atoms with van der Waals surface area (Å²) in [5, 5.41) is 42.1. The molecule has 0 bridgehead atoms. The van der Waals surface area contributed by atoms with Crippen LogP contribution in [0.4, 0.5) is 59.8 Å². The van der Waals surface area contributed by atoms with Crippen LogP contribution in [0.15, 0.2) is 103 Å². The molecule has 1 aliphatic heterocycles. The minimum atomic E-state index is -4.71. The fraction of sp³-hybridized carbons (Fsp3) is 0.327. The number of hydrogen-bond acceptors (Lipinski definition) is 17. The predicted molar refractivity (Wildman–Crippen MR) is 264 cm³/mol. The number of carbonyl (C=O) groups is 2. The largest absolute Gasteiger partial charge is 0.435 e. The second kappa shape index (κ2) is 30.5. The first-order valence-electron chi connectivity index (χ1n) is 22.9. The van der Waals surface area contributed by atoms with Crippen molar-refractivity contribution in [3.63, 3.8) is 0 Å². The number of nitrogens with one attached hydrogen (secondary N) is 1. The molecule has 79 heavy (non-hydrogen) atoms. The van der Waals surface area contributed by atoms with Gasteiger partial charge in [0.1, 0.15) is 50.9 Å².